The summed E-state index contributed by atoms with van der Waals surface area (Å²) in [4.78, 5) is 16.3. The van der Waals surface area contributed by atoms with Crippen LogP contribution < -0.4 is 9.47 Å². The van der Waals surface area contributed by atoms with Crippen molar-refractivity contribution in [3.05, 3.63) is 77.0 Å². The lowest BCUT2D eigenvalue weighted by atomic mass is 10.1. The number of carboxylic acid groups (broad SMARTS) is 1. The smallest absolute Gasteiger partial charge is 0.337 e. The third-order valence-corrected chi connectivity index (χ3v) is 4.65. The van der Waals surface area contributed by atoms with Gasteiger partial charge in [0, 0.05) is 5.56 Å². The molecule has 1 aromatic heterocycles. The largest absolute Gasteiger partial charge is 0.490 e. The van der Waals surface area contributed by atoms with Crippen LogP contribution in [0.25, 0.3) is 11.3 Å². The first-order valence-electron chi connectivity index (χ1n) is 9.55. The van der Waals surface area contributed by atoms with E-state index >= 15 is 0 Å². The molecule has 1 heterocycles. The minimum Gasteiger partial charge on any atom is -0.490 e. The zero-order valence-electron chi connectivity index (χ0n) is 17.1. The minimum absolute atomic E-state index is 0.0153. The number of benzene rings is 2. The maximum atomic E-state index is 11.7. The van der Waals surface area contributed by atoms with Gasteiger partial charge in [-0.25, -0.2) is 9.78 Å². The summed E-state index contributed by atoms with van der Waals surface area (Å²) in [5, 5.41) is 9.58. The van der Waals surface area contributed by atoms with Crippen molar-refractivity contribution in [2.75, 3.05) is 0 Å². The highest BCUT2D eigenvalue weighted by Crippen LogP contribution is 2.30. The first kappa shape index (κ1) is 20.4. The second-order valence-corrected chi connectivity index (χ2v) is 7.15. The monoisotopic (exact) mass is 391 g/mol. The molecule has 3 aromatic rings. The highest BCUT2D eigenvalue weighted by molar-refractivity contribution is 5.89. The van der Waals surface area contributed by atoms with Gasteiger partial charge < -0.3 is 14.6 Å². The molecule has 5 nitrogen and oxygen atoms in total. The SMILES string of the molecule is Cc1cccc(OCc2nc(-c3ccccc3OC(C)C)ccc2C(=O)O)c1C. The van der Waals surface area contributed by atoms with Gasteiger partial charge in [0.25, 0.3) is 0 Å². The molecule has 0 bridgehead atoms. The number of rotatable bonds is 7. The maximum absolute atomic E-state index is 11.7. The van der Waals surface area contributed by atoms with E-state index in [0.717, 1.165) is 22.4 Å². The molecule has 0 aliphatic rings. The standard InChI is InChI=1S/C24H25NO4/c1-15(2)29-23-10-6-5-9-18(23)20-13-12-19(24(26)27)21(25-20)14-28-22-11-7-8-16(3)17(22)4/h5-13,15H,14H2,1-4H3,(H,26,27). The topological polar surface area (TPSA) is 68.7 Å². The number of nitrogens with zero attached hydrogens (tertiary/aromatic N) is 1. The van der Waals surface area contributed by atoms with Crippen molar-refractivity contribution in [2.24, 2.45) is 0 Å². The summed E-state index contributed by atoms with van der Waals surface area (Å²) in [5.74, 6) is 0.395. The quantitative estimate of drug-likeness (QED) is 0.582. The van der Waals surface area contributed by atoms with Crippen LogP contribution in [0.3, 0.4) is 0 Å². The van der Waals surface area contributed by atoms with Crippen LogP contribution in [0, 0.1) is 13.8 Å². The van der Waals surface area contributed by atoms with Gasteiger partial charge in [-0.2, -0.15) is 0 Å². The van der Waals surface area contributed by atoms with E-state index in [1.807, 2.05) is 70.2 Å². The van der Waals surface area contributed by atoms with E-state index in [-0.39, 0.29) is 18.3 Å². The summed E-state index contributed by atoms with van der Waals surface area (Å²) >= 11 is 0. The fraction of sp³-hybridized carbons (Fsp3) is 0.250. The third-order valence-electron chi connectivity index (χ3n) is 4.65. The number of pyridine rings is 1. The lowest BCUT2D eigenvalue weighted by Crippen LogP contribution is -2.10. The summed E-state index contributed by atoms with van der Waals surface area (Å²) in [7, 11) is 0. The molecule has 150 valence electrons. The Hall–Kier alpha value is -3.34. The third kappa shape index (κ3) is 4.74. The molecule has 0 aliphatic carbocycles. The molecule has 1 N–H and O–H groups in total. The first-order valence-corrected chi connectivity index (χ1v) is 9.55. The molecule has 0 unspecified atom stereocenters. The number of aromatic nitrogens is 1. The number of carboxylic acids is 1. The van der Waals surface area contributed by atoms with Gasteiger partial charge in [0.15, 0.2) is 0 Å². The van der Waals surface area contributed by atoms with E-state index in [2.05, 4.69) is 4.98 Å². The fourth-order valence-electron chi connectivity index (χ4n) is 3.02. The molecule has 0 amide bonds. The van der Waals surface area contributed by atoms with Gasteiger partial charge in [0.05, 0.1) is 23.1 Å². The van der Waals surface area contributed by atoms with Crippen LogP contribution >= 0.6 is 0 Å². The van der Waals surface area contributed by atoms with E-state index in [1.54, 1.807) is 12.1 Å². The van der Waals surface area contributed by atoms with Crippen LogP contribution in [0.4, 0.5) is 0 Å². The molecule has 29 heavy (non-hydrogen) atoms. The van der Waals surface area contributed by atoms with Crippen LogP contribution in [0.1, 0.15) is 41.0 Å². The van der Waals surface area contributed by atoms with Gasteiger partial charge in [0.1, 0.15) is 18.1 Å². The van der Waals surface area contributed by atoms with Crippen molar-refractivity contribution in [3.63, 3.8) is 0 Å². The fourth-order valence-corrected chi connectivity index (χ4v) is 3.02. The maximum Gasteiger partial charge on any atom is 0.337 e. The summed E-state index contributed by atoms with van der Waals surface area (Å²) in [5.41, 5.74) is 4.09. The average molecular weight is 391 g/mol. The Labute approximate surface area is 171 Å². The average Bonchev–Trinajstić information content (AvgIpc) is 2.69. The molecule has 0 radical (unpaired) electrons. The lowest BCUT2D eigenvalue weighted by Gasteiger charge is -2.16. The Morgan fingerprint density at radius 2 is 1.72 bits per heavy atom. The predicted molar refractivity (Wildman–Crippen MR) is 113 cm³/mol. The second-order valence-electron chi connectivity index (χ2n) is 7.15. The Bertz CT molecular complexity index is 1030. The van der Waals surface area contributed by atoms with Gasteiger partial charge in [-0.3, -0.25) is 0 Å². The molecule has 0 spiro atoms. The molecule has 0 fully saturated rings. The van der Waals surface area contributed by atoms with Crippen molar-refractivity contribution in [2.45, 2.75) is 40.4 Å². The van der Waals surface area contributed by atoms with Crippen LogP contribution in [0.5, 0.6) is 11.5 Å². The summed E-state index contributed by atoms with van der Waals surface area (Å²) < 4.78 is 11.8. The van der Waals surface area contributed by atoms with E-state index in [9.17, 15) is 9.90 Å². The highest BCUT2D eigenvalue weighted by atomic mass is 16.5. The number of ether oxygens (including phenoxy) is 2. The number of carbonyl (C=O) groups is 1. The summed E-state index contributed by atoms with van der Waals surface area (Å²) in [6, 6.07) is 16.7. The van der Waals surface area contributed by atoms with Crippen LogP contribution in [-0.2, 0) is 6.61 Å². The van der Waals surface area contributed by atoms with Crippen LogP contribution in [0.15, 0.2) is 54.6 Å². The van der Waals surface area contributed by atoms with Crippen molar-refractivity contribution >= 4 is 5.97 Å². The number of para-hydroxylation sites is 1. The van der Waals surface area contributed by atoms with Crippen molar-refractivity contribution in [1.82, 2.24) is 4.98 Å². The Kier molecular flexibility index (Phi) is 6.17. The van der Waals surface area contributed by atoms with Crippen molar-refractivity contribution in [3.8, 4) is 22.8 Å². The van der Waals surface area contributed by atoms with E-state index < -0.39 is 5.97 Å². The second kappa shape index (κ2) is 8.78. The number of hydrogen-bond donors (Lipinski definition) is 1. The van der Waals surface area contributed by atoms with Gasteiger partial charge in [-0.05, 0) is 69.2 Å². The van der Waals surface area contributed by atoms with Gasteiger partial charge in [0.2, 0.25) is 0 Å². The van der Waals surface area contributed by atoms with Crippen LogP contribution in [0.2, 0.25) is 0 Å². The van der Waals surface area contributed by atoms with E-state index in [1.165, 1.54) is 0 Å². The Morgan fingerprint density at radius 1 is 1.00 bits per heavy atom. The lowest BCUT2D eigenvalue weighted by molar-refractivity contribution is 0.0693. The van der Waals surface area contributed by atoms with Gasteiger partial charge >= 0.3 is 5.97 Å². The molecule has 0 atom stereocenters. The van der Waals surface area contributed by atoms with Gasteiger partial charge in [-0.1, -0.05) is 24.3 Å². The number of aromatic carboxylic acids is 1. The normalized spacial score (nSPS) is 10.8. The number of aryl methyl sites for hydroxylation is 1. The van der Waals surface area contributed by atoms with E-state index in [0.29, 0.717) is 17.1 Å². The van der Waals surface area contributed by atoms with Crippen molar-refractivity contribution in [1.29, 1.82) is 0 Å². The molecule has 3 rings (SSSR count). The highest BCUT2D eigenvalue weighted by Gasteiger charge is 2.16. The van der Waals surface area contributed by atoms with Crippen molar-refractivity contribution < 1.29 is 19.4 Å². The number of hydrogen-bond acceptors (Lipinski definition) is 4. The zero-order chi connectivity index (χ0) is 21.0. The predicted octanol–water partition coefficient (Wildman–Crippen LogP) is 5.43. The molecule has 0 saturated heterocycles. The van der Waals surface area contributed by atoms with Crippen LogP contribution in [-0.4, -0.2) is 22.2 Å². The Morgan fingerprint density at radius 3 is 2.45 bits per heavy atom. The van der Waals surface area contributed by atoms with E-state index in [4.69, 9.17) is 9.47 Å². The summed E-state index contributed by atoms with van der Waals surface area (Å²) in [6.45, 7) is 7.97. The molecular weight excluding hydrogens is 366 g/mol. The molecule has 0 saturated carbocycles. The van der Waals surface area contributed by atoms with Gasteiger partial charge in [-0.15, -0.1) is 0 Å². The Balaban J connectivity index is 1.97. The summed E-state index contributed by atoms with van der Waals surface area (Å²) in [6.07, 6.45) is 0.0153. The molecule has 5 heteroatoms. The molecular formula is C24H25NO4. The molecule has 2 aromatic carbocycles. The first-order chi connectivity index (χ1) is 13.9. The molecule has 0 aliphatic heterocycles. The zero-order valence-corrected chi connectivity index (χ0v) is 17.1. The minimum atomic E-state index is -1.03.